The third-order valence-corrected chi connectivity index (χ3v) is 13.1. The Balaban J connectivity index is 0.738. The van der Waals surface area contributed by atoms with Crippen molar-refractivity contribution in [2.45, 2.75) is 56.7 Å². The van der Waals surface area contributed by atoms with Crippen LogP contribution in [0.1, 0.15) is 86.1 Å². The largest absolute Gasteiger partial charge is 0.508 e. The molecule has 12 nitrogen and oxygen atoms in total. The molecule has 3 saturated heterocycles. The van der Waals surface area contributed by atoms with Crippen LogP contribution < -0.4 is 15.0 Å². The molecule has 3 atom stereocenters. The van der Waals surface area contributed by atoms with Crippen LogP contribution in [0.5, 0.6) is 11.5 Å². The number of imide groups is 2. The lowest BCUT2D eigenvalue weighted by molar-refractivity contribution is -0.137. The molecule has 6 heterocycles. The summed E-state index contributed by atoms with van der Waals surface area (Å²) in [7, 11) is 0. The maximum atomic E-state index is 13.5. The van der Waals surface area contributed by atoms with Crippen LogP contribution in [0.4, 0.5) is 5.69 Å². The van der Waals surface area contributed by atoms with Gasteiger partial charge in [-0.3, -0.25) is 39.1 Å². The number of hydrogen-bond donors (Lipinski definition) is 2. The topological polar surface area (TPSA) is 140 Å². The number of phenolic OH excluding ortho intramolecular Hbond substituents is 1. The average molecular weight is 766 g/mol. The minimum atomic E-state index is -1.00. The van der Waals surface area contributed by atoms with Crippen molar-refractivity contribution in [2.24, 2.45) is 5.41 Å². The summed E-state index contributed by atoms with van der Waals surface area (Å²) in [5, 5.41) is 12.4. The number of fused-ring (bicyclic) bond motifs is 3. The van der Waals surface area contributed by atoms with Crippen molar-refractivity contribution in [3.63, 3.8) is 0 Å². The van der Waals surface area contributed by atoms with Crippen LogP contribution in [0.25, 0.3) is 0 Å². The minimum absolute atomic E-state index is 0.0278. The highest BCUT2D eigenvalue weighted by Gasteiger charge is 2.47. The quantitative estimate of drug-likeness (QED) is 0.271. The van der Waals surface area contributed by atoms with Gasteiger partial charge in [0.15, 0.2) is 0 Å². The van der Waals surface area contributed by atoms with Crippen LogP contribution in [-0.2, 0) is 27.5 Å². The normalized spacial score (nSPS) is 23.8. The van der Waals surface area contributed by atoms with Gasteiger partial charge < -0.3 is 19.6 Å². The lowest BCUT2D eigenvalue weighted by Gasteiger charge is -2.54. The van der Waals surface area contributed by atoms with E-state index in [1.165, 1.54) is 16.8 Å². The molecule has 0 aromatic heterocycles. The third-order valence-electron chi connectivity index (χ3n) is 13.1. The molecule has 290 valence electrons. The Morgan fingerprint density at radius 3 is 2.18 bits per heavy atom. The van der Waals surface area contributed by atoms with Gasteiger partial charge in [0.25, 0.3) is 11.8 Å². The van der Waals surface area contributed by atoms with E-state index in [0.29, 0.717) is 26.2 Å². The zero-order valence-corrected chi connectivity index (χ0v) is 31.5. The molecular formula is C45H43N5O7. The molecule has 6 aliphatic rings. The second-order valence-corrected chi connectivity index (χ2v) is 16.6. The summed E-state index contributed by atoms with van der Waals surface area (Å²) in [5.74, 6) is -0.899. The number of likely N-dealkylation sites (tertiary alicyclic amines) is 1. The number of carbonyl (C=O) groups is 5. The number of nitrogens with one attached hydrogen (secondary N) is 1. The molecule has 2 N–H and O–H groups in total. The summed E-state index contributed by atoms with van der Waals surface area (Å²) >= 11 is 0. The van der Waals surface area contributed by atoms with E-state index in [2.05, 4.69) is 63.6 Å². The smallest absolute Gasteiger partial charge is 0.262 e. The SMILES string of the molecule is O=C1CCC(N2C(=O)c3cc4c(cc3C2=O)CN(C(=O)CN2CC3(CCN(c5ccc([C@H]6c7ccc(O)cc7OC[C@H]6c6ccccc6)cc5)CC3)C2)C4)C(=O)N1. The van der Waals surface area contributed by atoms with Crippen LogP contribution in [0.2, 0.25) is 0 Å². The van der Waals surface area contributed by atoms with Gasteiger partial charge in [0.2, 0.25) is 17.7 Å². The molecular weight excluding hydrogens is 723 g/mol. The summed E-state index contributed by atoms with van der Waals surface area (Å²) in [6, 6.07) is 27.3. The van der Waals surface area contributed by atoms with Crippen molar-refractivity contribution in [3.05, 3.63) is 124 Å². The van der Waals surface area contributed by atoms with Gasteiger partial charge in [-0.25, -0.2) is 0 Å². The van der Waals surface area contributed by atoms with E-state index in [4.69, 9.17) is 4.74 Å². The second kappa shape index (κ2) is 13.6. The number of piperidine rings is 2. The number of nitrogens with zero attached hydrogens (tertiary/aromatic N) is 4. The Kier molecular flexibility index (Phi) is 8.44. The molecule has 3 fully saturated rings. The fourth-order valence-corrected chi connectivity index (χ4v) is 10.1. The van der Waals surface area contributed by atoms with Gasteiger partial charge in [0, 0.05) is 74.8 Å². The lowest BCUT2D eigenvalue weighted by atomic mass is 9.72. The van der Waals surface area contributed by atoms with Crippen LogP contribution in [0, 0.1) is 5.41 Å². The van der Waals surface area contributed by atoms with Crippen molar-refractivity contribution in [1.29, 1.82) is 0 Å². The number of ether oxygens (including phenoxy) is 1. The maximum absolute atomic E-state index is 13.5. The van der Waals surface area contributed by atoms with E-state index in [9.17, 15) is 29.1 Å². The fraction of sp³-hybridized carbons (Fsp3) is 0.356. The summed E-state index contributed by atoms with van der Waals surface area (Å²) in [6.07, 6.45) is 2.30. The van der Waals surface area contributed by atoms with Crippen LogP contribution in [0.15, 0.2) is 84.9 Å². The molecule has 12 heteroatoms. The molecule has 1 spiro atoms. The standard InChI is InChI=1S/C45H43N5O7/c51-32-10-11-33-38(20-32)57-24-36(27-4-2-1-3-5-27)41(33)28-6-8-31(9-7-28)48-16-14-45(15-17-48)25-47(26-45)23-40(53)49-21-29-18-34-35(19-30(29)22-49)44(56)50(43(34)55)37-12-13-39(52)46-42(37)54/h1-11,18-20,36-37,41,51H,12-17,21-26H2,(H,46,52,54)/t36-,37?,41-/m0/s1. The Morgan fingerprint density at radius 1 is 0.825 bits per heavy atom. The van der Waals surface area contributed by atoms with E-state index in [-0.39, 0.29) is 52.9 Å². The number of carbonyl (C=O) groups excluding carboxylic acids is 5. The first-order valence-electron chi connectivity index (χ1n) is 19.9. The predicted octanol–water partition coefficient (Wildman–Crippen LogP) is 4.55. The van der Waals surface area contributed by atoms with Gasteiger partial charge in [-0.05, 0) is 77.3 Å². The number of amides is 5. The number of hydrogen-bond acceptors (Lipinski definition) is 9. The van der Waals surface area contributed by atoms with Gasteiger partial charge in [-0.15, -0.1) is 0 Å². The van der Waals surface area contributed by atoms with E-state index < -0.39 is 29.7 Å². The van der Waals surface area contributed by atoms with E-state index in [0.717, 1.165) is 66.4 Å². The van der Waals surface area contributed by atoms with Crippen molar-refractivity contribution in [2.75, 3.05) is 44.2 Å². The van der Waals surface area contributed by atoms with E-state index >= 15 is 0 Å². The molecule has 0 radical (unpaired) electrons. The molecule has 4 aromatic rings. The molecule has 57 heavy (non-hydrogen) atoms. The van der Waals surface area contributed by atoms with Gasteiger partial charge in [-0.1, -0.05) is 48.5 Å². The monoisotopic (exact) mass is 765 g/mol. The first kappa shape index (κ1) is 35.4. The Morgan fingerprint density at radius 2 is 1.51 bits per heavy atom. The lowest BCUT2D eigenvalue weighted by Crippen LogP contribution is -2.61. The molecule has 0 saturated carbocycles. The predicted molar refractivity (Wildman–Crippen MR) is 209 cm³/mol. The minimum Gasteiger partial charge on any atom is -0.508 e. The summed E-state index contributed by atoms with van der Waals surface area (Å²) < 4.78 is 6.16. The van der Waals surface area contributed by atoms with E-state index in [1.54, 1.807) is 29.2 Å². The summed E-state index contributed by atoms with van der Waals surface area (Å²) in [6.45, 7) is 5.29. The number of anilines is 1. The van der Waals surface area contributed by atoms with Gasteiger partial charge >= 0.3 is 0 Å². The summed E-state index contributed by atoms with van der Waals surface area (Å²) in [5.41, 5.74) is 7.11. The highest BCUT2D eigenvalue weighted by atomic mass is 16.5. The third kappa shape index (κ3) is 6.13. The number of aromatic hydroxyl groups is 1. The zero-order valence-electron chi connectivity index (χ0n) is 31.5. The Bertz CT molecular complexity index is 2280. The van der Waals surface area contributed by atoms with Crippen LogP contribution >= 0.6 is 0 Å². The first-order chi connectivity index (χ1) is 27.6. The number of phenols is 1. The van der Waals surface area contributed by atoms with Crippen molar-refractivity contribution in [1.82, 2.24) is 20.0 Å². The molecule has 4 aromatic carbocycles. The average Bonchev–Trinajstić information content (AvgIpc) is 3.74. The van der Waals surface area contributed by atoms with Gasteiger partial charge in [0.05, 0.1) is 24.3 Å². The van der Waals surface area contributed by atoms with Crippen LogP contribution in [0.3, 0.4) is 0 Å². The maximum Gasteiger partial charge on any atom is 0.262 e. The molecule has 1 unspecified atom stereocenters. The molecule has 5 amide bonds. The molecule has 10 rings (SSSR count). The molecule has 6 aliphatic heterocycles. The summed E-state index contributed by atoms with van der Waals surface area (Å²) in [4.78, 5) is 71.6. The second-order valence-electron chi connectivity index (χ2n) is 16.6. The van der Waals surface area contributed by atoms with Crippen molar-refractivity contribution in [3.8, 4) is 11.5 Å². The Hall–Kier alpha value is -6.01. The zero-order chi connectivity index (χ0) is 39.0. The fourth-order valence-electron chi connectivity index (χ4n) is 10.1. The van der Waals surface area contributed by atoms with E-state index in [1.807, 2.05) is 12.1 Å². The number of rotatable bonds is 6. The van der Waals surface area contributed by atoms with Gasteiger partial charge in [0.1, 0.15) is 17.5 Å². The molecule has 0 aliphatic carbocycles. The highest BCUT2D eigenvalue weighted by Crippen LogP contribution is 2.48. The molecule has 0 bridgehead atoms. The first-order valence-corrected chi connectivity index (χ1v) is 19.9. The number of benzene rings is 4. The van der Waals surface area contributed by atoms with Crippen LogP contribution in [-0.4, -0.2) is 94.7 Å². The van der Waals surface area contributed by atoms with Crippen molar-refractivity contribution >= 4 is 35.2 Å². The Labute approximate surface area is 330 Å². The van der Waals surface area contributed by atoms with Crippen molar-refractivity contribution < 1.29 is 33.8 Å². The highest BCUT2D eigenvalue weighted by molar-refractivity contribution is 6.23. The van der Waals surface area contributed by atoms with Gasteiger partial charge in [-0.2, -0.15) is 0 Å².